The summed E-state index contributed by atoms with van der Waals surface area (Å²) in [4.78, 5) is 21.6. The number of nitro groups is 1. The molecule has 0 saturated carbocycles. The van der Waals surface area contributed by atoms with Gasteiger partial charge in [-0.2, -0.15) is 0 Å². The SMILES string of the molecule is NNC(=O)CN(c1ccc(Br)cc1Cl)S(=O)(=O)c1ccccc1[N+](=O)[O-]. The third-order valence-corrected chi connectivity index (χ3v) is 5.86. The minimum absolute atomic E-state index is 0.0198. The molecule has 138 valence electrons. The summed E-state index contributed by atoms with van der Waals surface area (Å²) in [6, 6.07) is 9.11. The van der Waals surface area contributed by atoms with Crippen molar-refractivity contribution in [2.45, 2.75) is 4.90 Å². The van der Waals surface area contributed by atoms with Crippen molar-refractivity contribution in [1.82, 2.24) is 5.43 Å². The molecular weight excluding hydrogens is 452 g/mol. The molecule has 2 aromatic rings. The summed E-state index contributed by atoms with van der Waals surface area (Å²) in [6.07, 6.45) is 0. The van der Waals surface area contributed by atoms with Gasteiger partial charge >= 0.3 is 0 Å². The first-order chi connectivity index (χ1) is 12.2. The van der Waals surface area contributed by atoms with Gasteiger partial charge in [-0.15, -0.1) is 0 Å². The van der Waals surface area contributed by atoms with Crippen molar-refractivity contribution in [2.24, 2.45) is 5.84 Å². The van der Waals surface area contributed by atoms with Gasteiger partial charge in [0.25, 0.3) is 21.6 Å². The number of nitrogens with one attached hydrogen (secondary N) is 1. The quantitative estimate of drug-likeness (QED) is 0.292. The lowest BCUT2D eigenvalue weighted by Crippen LogP contribution is -2.43. The van der Waals surface area contributed by atoms with Crippen molar-refractivity contribution < 1.29 is 18.1 Å². The van der Waals surface area contributed by atoms with Crippen molar-refractivity contribution in [3.8, 4) is 0 Å². The molecule has 0 radical (unpaired) electrons. The van der Waals surface area contributed by atoms with Crippen LogP contribution in [0.1, 0.15) is 0 Å². The van der Waals surface area contributed by atoms with E-state index >= 15 is 0 Å². The largest absolute Gasteiger partial charge is 0.293 e. The molecule has 26 heavy (non-hydrogen) atoms. The van der Waals surface area contributed by atoms with Gasteiger partial charge in [-0.3, -0.25) is 24.6 Å². The Labute approximate surface area is 162 Å². The lowest BCUT2D eigenvalue weighted by Gasteiger charge is -2.24. The van der Waals surface area contributed by atoms with Crippen LogP contribution in [-0.2, 0) is 14.8 Å². The number of para-hydroxylation sites is 1. The molecular formula is C14H12BrClN4O5S. The second-order valence-corrected chi connectivity index (χ2v) is 8.05. The van der Waals surface area contributed by atoms with E-state index in [0.29, 0.717) is 8.78 Å². The summed E-state index contributed by atoms with van der Waals surface area (Å²) >= 11 is 9.31. The number of benzene rings is 2. The molecule has 0 bridgehead atoms. The molecule has 0 unspecified atom stereocenters. The molecule has 0 spiro atoms. The number of halogens is 2. The first-order valence-corrected chi connectivity index (χ1v) is 9.50. The highest BCUT2D eigenvalue weighted by atomic mass is 79.9. The van der Waals surface area contributed by atoms with Crippen LogP contribution in [0, 0.1) is 10.1 Å². The van der Waals surface area contributed by atoms with E-state index in [-0.39, 0.29) is 10.7 Å². The highest BCUT2D eigenvalue weighted by Crippen LogP contribution is 2.34. The number of nitrogens with two attached hydrogens (primary N) is 1. The van der Waals surface area contributed by atoms with E-state index < -0.39 is 38.0 Å². The fourth-order valence-electron chi connectivity index (χ4n) is 2.10. The lowest BCUT2D eigenvalue weighted by molar-refractivity contribution is -0.387. The van der Waals surface area contributed by atoms with E-state index in [2.05, 4.69) is 15.9 Å². The molecule has 1 amide bonds. The Morgan fingerprint density at radius 2 is 1.96 bits per heavy atom. The molecule has 3 N–H and O–H groups in total. The molecule has 0 atom stereocenters. The number of carbonyl (C=O) groups excluding carboxylic acids is 1. The maximum Gasteiger partial charge on any atom is 0.289 e. The molecule has 0 fully saturated rings. The maximum atomic E-state index is 13.1. The number of nitro benzene ring substituents is 1. The van der Waals surface area contributed by atoms with Crippen LogP contribution in [0.4, 0.5) is 11.4 Å². The van der Waals surface area contributed by atoms with Gasteiger partial charge in [-0.1, -0.05) is 39.7 Å². The highest BCUT2D eigenvalue weighted by molar-refractivity contribution is 9.10. The molecule has 2 aromatic carbocycles. The minimum atomic E-state index is -4.49. The van der Waals surface area contributed by atoms with Crippen LogP contribution in [-0.4, -0.2) is 25.8 Å². The Kier molecular flexibility index (Phi) is 6.18. The first kappa shape index (κ1) is 20.1. The van der Waals surface area contributed by atoms with Gasteiger partial charge in [-0.05, 0) is 24.3 Å². The van der Waals surface area contributed by atoms with Crippen LogP contribution in [0.5, 0.6) is 0 Å². The maximum absolute atomic E-state index is 13.1. The Morgan fingerprint density at radius 1 is 1.31 bits per heavy atom. The Morgan fingerprint density at radius 3 is 2.54 bits per heavy atom. The highest BCUT2D eigenvalue weighted by Gasteiger charge is 2.33. The molecule has 9 nitrogen and oxygen atoms in total. The molecule has 0 aromatic heterocycles. The summed E-state index contributed by atoms with van der Waals surface area (Å²) in [5.74, 6) is 4.22. The lowest BCUT2D eigenvalue weighted by atomic mass is 10.3. The minimum Gasteiger partial charge on any atom is -0.293 e. The van der Waals surface area contributed by atoms with Gasteiger partial charge in [0.05, 0.1) is 15.6 Å². The fourth-order valence-corrected chi connectivity index (χ4v) is 4.53. The van der Waals surface area contributed by atoms with E-state index in [4.69, 9.17) is 17.4 Å². The Balaban J connectivity index is 2.68. The summed E-state index contributed by atoms with van der Waals surface area (Å²) in [5, 5.41) is 11.2. The van der Waals surface area contributed by atoms with Crippen LogP contribution in [0.2, 0.25) is 5.02 Å². The van der Waals surface area contributed by atoms with Crippen molar-refractivity contribution in [3.05, 3.63) is 62.1 Å². The molecule has 0 aliphatic carbocycles. The first-order valence-electron chi connectivity index (χ1n) is 6.89. The molecule has 0 saturated heterocycles. The zero-order valence-corrected chi connectivity index (χ0v) is 16.1. The van der Waals surface area contributed by atoms with E-state index in [1.54, 1.807) is 0 Å². The van der Waals surface area contributed by atoms with E-state index in [1.807, 2.05) is 5.43 Å². The van der Waals surface area contributed by atoms with E-state index in [1.165, 1.54) is 30.3 Å². The summed E-state index contributed by atoms with van der Waals surface area (Å²) in [5.41, 5.74) is 1.17. The van der Waals surface area contributed by atoms with Crippen molar-refractivity contribution in [3.63, 3.8) is 0 Å². The zero-order valence-electron chi connectivity index (χ0n) is 12.9. The number of amides is 1. The second kappa shape index (κ2) is 7.99. The third-order valence-electron chi connectivity index (χ3n) is 3.26. The topological polar surface area (TPSA) is 136 Å². The number of hydrogen-bond acceptors (Lipinski definition) is 6. The third kappa shape index (κ3) is 4.12. The molecule has 0 aliphatic rings. The summed E-state index contributed by atoms with van der Waals surface area (Å²) < 4.78 is 27.4. The Bertz CT molecular complexity index is 970. The van der Waals surface area contributed by atoms with Crippen molar-refractivity contribution in [2.75, 3.05) is 10.8 Å². The average Bonchev–Trinajstić information content (AvgIpc) is 2.59. The average molecular weight is 464 g/mol. The summed E-state index contributed by atoms with van der Waals surface area (Å²) in [6.45, 7) is -0.716. The number of hydrogen-bond donors (Lipinski definition) is 2. The van der Waals surface area contributed by atoms with Crippen molar-refractivity contribution in [1.29, 1.82) is 0 Å². The van der Waals surface area contributed by atoms with Gasteiger partial charge in [0.2, 0.25) is 0 Å². The smallest absolute Gasteiger partial charge is 0.289 e. The zero-order chi connectivity index (χ0) is 19.5. The predicted octanol–water partition coefficient (Wildman–Crippen LogP) is 2.20. The molecule has 0 aliphatic heterocycles. The van der Waals surface area contributed by atoms with Crippen LogP contribution < -0.4 is 15.6 Å². The molecule has 0 heterocycles. The number of nitrogens with zero attached hydrogens (tertiary/aromatic N) is 2. The summed E-state index contributed by atoms with van der Waals surface area (Å²) in [7, 11) is -4.49. The number of sulfonamides is 1. The van der Waals surface area contributed by atoms with Gasteiger partial charge in [0.15, 0.2) is 4.90 Å². The Hall–Kier alpha value is -2.21. The standard InChI is InChI=1S/C14H12BrClN4O5S/c15-9-5-6-11(10(16)7-9)19(8-14(21)18-17)26(24,25)13-4-2-1-3-12(13)20(22)23/h1-7H,8,17H2,(H,18,21). The normalized spacial score (nSPS) is 11.0. The monoisotopic (exact) mass is 462 g/mol. The van der Waals surface area contributed by atoms with Gasteiger partial charge in [0, 0.05) is 10.5 Å². The number of rotatable bonds is 6. The van der Waals surface area contributed by atoms with E-state index in [0.717, 1.165) is 12.1 Å². The van der Waals surface area contributed by atoms with Gasteiger partial charge in [0.1, 0.15) is 6.54 Å². The van der Waals surface area contributed by atoms with E-state index in [9.17, 15) is 23.3 Å². The second-order valence-electron chi connectivity index (χ2n) is 4.90. The van der Waals surface area contributed by atoms with Gasteiger partial charge in [-0.25, -0.2) is 14.3 Å². The van der Waals surface area contributed by atoms with Crippen LogP contribution in [0.25, 0.3) is 0 Å². The van der Waals surface area contributed by atoms with Crippen molar-refractivity contribution >= 4 is 54.8 Å². The molecule has 12 heteroatoms. The predicted molar refractivity (Wildman–Crippen MR) is 99.1 cm³/mol. The van der Waals surface area contributed by atoms with Gasteiger partial charge < -0.3 is 0 Å². The number of hydrazine groups is 1. The number of carbonyl (C=O) groups is 1. The van der Waals surface area contributed by atoms with Crippen LogP contribution >= 0.6 is 27.5 Å². The van der Waals surface area contributed by atoms with Crippen LogP contribution in [0.3, 0.4) is 0 Å². The van der Waals surface area contributed by atoms with Crippen LogP contribution in [0.15, 0.2) is 51.8 Å². The molecule has 2 rings (SSSR count). The number of anilines is 1. The fraction of sp³-hybridized carbons (Fsp3) is 0.0714.